The average molecular weight is 344 g/mol. The molecule has 1 N–H and O–H groups in total. The maximum absolute atomic E-state index is 12.3. The average Bonchev–Trinajstić information content (AvgIpc) is 3.18. The van der Waals surface area contributed by atoms with Gasteiger partial charge in [0.2, 0.25) is 0 Å². The highest BCUT2D eigenvalue weighted by atomic mass is 32.1. The predicted octanol–water partition coefficient (Wildman–Crippen LogP) is 3.63. The van der Waals surface area contributed by atoms with Crippen LogP contribution in [0.1, 0.15) is 26.5 Å². The normalized spacial score (nSPS) is 17.1. The highest BCUT2D eigenvalue weighted by Crippen LogP contribution is 2.31. The van der Waals surface area contributed by atoms with Gasteiger partial charge in [0.15, 0.2) is 0 Å². The molecule has 0 unspecified atom stereocenters. The minimum absolute atomic E-state index is 0.0487. The van der Waals surface area contributed by atoms with E-state index in [1.807, 2.05) is 38.1 Å². The number of anilines is 1. The molecule has 24 heavy (non-hydrogen) atoms. The highest BCUT2D eigenvalue weighted by Gasteiger charge is 2.25. The van der Waals surface area contributed by atoms with Crippen LogP contribution in [-0.2, 0) is 0 Å². The number of nitrogens with zero attached hydrogens (tertiary/aromatic N) is 1. The standard InChI is InChI=1S/C19H24N2O2S/c1-13-10-16(14(2)24-13)19(22)20-11-15-8-9-21(12-15)17-6-4-5-7-18(17)23-3/h4-7,10,15H,8-9,11-12H2,1-3H3,(H,20,22)/t15-/m0/s1. The Labute approximate surface area is 147 Å². The van der Waals surface area contributed by atoms with Crippen LogP contribution in [0.5, 0.6) is 5.75 Å². The third-order valence-electron chi connectivity index (χ3n) is 4.55. The Morgan fingerprint density at radius 3 is 2.88 bits per heavy atom. The number of rotatable bonds is 5. The first kappa shape index (κ1) is 16.8. The van der Waals surface area contributed by atoms with Gasteiger partial charge in [-0.15, -0.1) is 11.3 Å². The molecule has 0 bridgehead atoms. The second kappa shape index (κ2) is 7.26. The van der Waals surface area contributed by atoms with Gasteiger partial charge in [-0.3, -0.25) is 4.79 Å². The van der Waals surface area contributed by atoms with Gasteiger partial charge in [-0.2, -0.15) is 0 Å². The molecule has 0 radical (unpaired) electrons. The van der Waals surface area contributed by atoms with Crippen molar-refractivity contribution < 1.29 is 9.53 Å². The summed E-state index contributed by atoms with van der Waals surface area (Å²) >= 11 is 1.67. The molecule has 5 heteroatoms. The van der Waals surface area contributed by atoms with Crippen LogP contribution in [0, 0.1) is 19.8 Å². The summed E-state index contributed by atoms with van der Waals surface area (Å²) in [5, 5.41) is 3.11. The Morgan fingerprint density at radius 2 is 2.17 bits per heavy atom. The zero-order valence-corrected chi connectivity index (χ0v) is 15.3. The van der Waals surface area contributed by atoms with Crippen molar-refractivity contribution in [1.29, 1.82) is 0 Å². The molecule has 1 aliphatic heterocycles. The van der Waals surface area contributed by atoms with Gasteiger partial charge in [0.05, 0.1) is 18.4 Å². The van der Waals surface area contributed by atoms with E-state index in [-0.39, 0.29) is 5.91 Å². The molecule has 0 saturated carbocycles. The van der Waals surface area contributed by atoms with Crippen molar-refractivity contribution in [1.82, 2.24) is 5.32 Å². The first-order valence-corrected chi connectivity index (χ1v) is 9.13. The second-order valence-electron chi connectivity index (χ2n) is 6.31. The zero-order valence-electron chi connectivity index (χ0n) is 14.5. The van der Waals surface area contributed by atoms with Crippen LogP contribution in [0.3, 0.4) is 0 Å². The predicted molar refractivity (Wildman–Crippen MR) is 99.4 cm³/mol. The number of aryl methyl sites for hydroxylation is 2. The Morgan fingerprint density at radius 1 is 1.38 bits per heavy atom. The van der Waals surface area contributed by atoms with E-state index in [1.165, 1.54) is 4.88 Å². The SMILES string of the molecule is COc1ccccc1N1CC[C@@H](CNC(=O)c2cc(C)sc2C)C1. The van der Waals surface area contributed by atoms with Crippen LogP contribution in [0.15, 0.2) is 30.3 Å². The van der Waals surface area contributed by atoms with Gasteiger partial charge < -0.3 is 15.0 Å². The smallest absolute Gasteiger partial charge is 0.252 e. The lowest BCUT2D eigenvalue weighted by molar-refractivity contribution is 0.0948. The van der Waals surface area contributed by atoms with Crippen molar-refractivity contribution in [3.63, 3.8) is 0 Å². The summed E-state index contributed by atoms with van der Waals surface area (Å²) in [6.07, 6.45) is 1.08. The van der Waals surface area contributed by atoms with Crippen LogP contribution in [0.25, 0.3) is 0 Å². The van der Waals surface area contributed by atoms with Crippen LogP contribution >= 0.6 is 11.3 Å². The summed E-state index contributed by atoms with van der Waals surface area (Å²) in [6.45, 7) is 6.71. The molecule has 1 fully saturated rings. The van der Waals surface area contributed by atoms with Crippen molar-refractivity contribution in [3.05, 3.63) is 45.6 Å². The molecular weight excluding hydrogens is 320 g/mol. The van der Waals surface area contributed by atoms with E-state index in [9.17, 15) is 4.79 Å². The molecule has 2 heterocycles. The fourth-order valence-corrected chi connectivity index (χ4v) is 4.22. The fraction of sp³-hybridized carbons (Fsp3) is 0.421. The van der Waals surface area contributed by atoms with Crippen molar-refractivity contribution >= 4 is 22.9 Å². The summed E-state index contributed by atoms with van der Waals surface area (Å²) in [5.74, 6) is 1.43. The summed E-state index contributed by atoms with van der Waals surface area (Å²) in [6, 6.07) is 10.1. The summed E-state index contributed by atoms with van der Waals surface area (Å²) in [4.78, 5) is 17.0. The molecule has 1 amide bonds. The highest BCUT2D eigenvalue weighted by molar-refractivity contribution is 7.12. The molecule has 1 aromatic carbocycles. The van der Waals surface area contributed by atoms with E-state index < -0.39 is 0 Å². The minimum Gasteiger partial charge on any atom is -0.495 e. The van der Waals surface area contributed by atoms with Crippen LogP contribution in [0.2, 0.25) is 0 Å². The van der Waals surface area contributed by atoms with E-state index in [0.717, 1.165) is 47.9 Å². The maximum Gasteiger partial charge on any atom is 0.252 e. The lowest BCUT2D eigenvalue weighted by Gasteiger charge is -2.21. The molecule has 4 nitrogen and oxygen atoms in total. The fourth-order valence-electron chi connectivity index (χ4n) is 3.30. The first-order chi connectivity index (χ1) is 11.6. The third kappa shape index (κ3) is 3.56. The number of thiophene rings is 1. The lowest BCUT2D eigenvalue weighted by Crippen LogP contribution is -2.31. The number of carbonyl (C=O) groups is 1. The molecule has 1 aromatic heterocycles. The first-order valence-electron chi connectivity index (χ1n) is 8.31. The number of nitrogens with one attached hydrogen (secondary N) is 1. The quantitative estimate of drug-likeness (QED) is 0.900. The topological polar surface area (TPSA) is 41.6 Å². The van der Waals surface area contributed by atoms with E-state index in [1.54, 1.807) is 18.4 Å². The van der Waals surface area contributed by atoms with Gasteiger partial charge in [0.25, 0.3) is 5.91 Å². The van der Waals surface area contributed by atoms with E-state index >= 15 is 0 Å². The number of benzene rings is 1. The van der Waals surface area contributed by atoms with E-state index in [0.29, 0.717) is 5.92 Å². The van der Waals surface area contributed by atoms with E-state index in [2.05, 4.69) is 16.3 Å². The van der Waals surface area contributed by atoms with Crippen LogP contribution in [0.4, 0.5) is 5.69 Å². The molecular formula is C19H24N2O2S. The molecule has 3 rings (SSSR count). The zero-order chi connectivity index (χ0) is 17.1. The Bertz CT molecular complexity index is 726. The molecule has 1 aliphatic rings. The van der Waals surface area contributed by atoms with Crippen LogP contribution in [-0.4, -0.2) is 32.7 Å². The van der Waals surface area contributed by atoms with Gasteiger partial charge in [0.1, 0.15) is 5.75 Å². The summed E-state index contributed by atoms with van der Waals surface area (Å²) in [7, 11) is 1.71. The van der Waals surface area contributed by atoms with Crippen molar-refractivity contribution in [2.45, 2.75) is 20.3 Å². The van der Waals surface area contributed by atoms with Crippen molar-refractivity contribution in [3.8, 4) is 5.75 Å². The number of hydrogen-bond donors (Lipinski definition) is 1. The monoisotopic (exact) mass is 344 g/mol. The number of hydrogen-bond acceptors (Lipinski definition) is 4. The number of amides is 1. The summed E-state index contributed by atoms with van der Waals surface area (Å²) in [5.41, 5.74) is 1.95. The molecule has 128 valence electrons. The molecule has 2 aromatic rings. The number of para-hydroxylation sites is 2. The lowest BCUT2D eigenvalue weighted by atomic mass is 10.1. The number of ether oxygens (including phenoxy) is 1. The minimum atomic E-state index is 0.0487. The Balaban J connectivity index is 1.57. The molecule has 0 spiro atoms. The van der Waals surface area contributed by atoms with Crippen LogP contribution < -0.4 is 15.0 Å². The molecule has 0 aliphatic carbocycles. The second-order valence-corrected chi connectivity index (χ2v) is 7.77. The number of methoxy groups -OCH3 is 1. The maximum atomic E-state index is 12.3. The molecule has 1 saturated heterocycles. The van der Waals surface area contributed by atoms with Gasteiger partial charge in [0, 0.05) is 29.4 Å². The van der Waals surface area contributed by atoms with Gasteiger partial charge in [-0.1, -0.05) is 12.1 Å². The Kier molecular flexibility index (Phi) is 5.09. The largest absolute Gasteiger partial charge is 0.495 e. The van der Waals surface area contributed by atoms with Crippen molar-refractivity contribution in [2.24, 2.45) is 5.92 Å². The van der Waals surface area contributed by atoms with E-state index in [4.69, 9.17) is 4.74 Å². The third-order valence-corrected chi connectivity index (χ3v) is 5.51. The van der Waals surface area contributed by atoms with Gasteiger partial charge in [-0.05, 0) is 44.4 Å². The Hall–Kier alpha value is -2.01. The summed E-state index contributed by atoms with van der Waals surface area (Å²) < 4.78 is 5.45. The number of carbonyl (C=O) groups excluding carboxylic acids is 1. The van der Waals surface area contributed by atoms with Gasteiger partial charge >= 0.3 is 0 Å². The van der Waals surface area contributed by atoms with Gasteiger partial charge in [-0.25, -0.2) is 0 Å². The van der Waals surface area contributed by atoms with Crippen molar-refractivity contribution in [2.75, 3.05) is 31.6 Å². The molecule has 1 atom stereocenters.